The average Bonchev–Trinajstić information content (AvgIpc) is 2.12. The van der Waals surface area contributed by atoms with Crippen molar-refractivity contribution < 1.29 is 0 Å². The molecule has 78 valence electrons. The maximum atomic E-state index is 5.64. The summed E-state index contributed by atoms with van der Waals surface area (Å²) in [4.78, 5) is 8.05. The molecule has 0 unspecified atom stereocenters. The molecule has 0 atom stereocenters. The highest BCUT2D eigenvalue weighted by atomic mass is 79.9. The number of halogens is 1. The van der Waals surface area contributed by atoms with Crippen molar-refractivity contribution in [3.8, 4) is 0 Å². The monoisotopic (exact) mass is 275 g/mol. The van der Waals surface area contributed by atoms with Crippen LogP contribution >= 0.6 is 27.7 Å². The Morgan fingerprint density at radius 1 is 1.50 bits per heavy atom. The van der Waals surface area contributed by atoms with Crippen molar-refractivity contribution in [2.45, 2.75) is 25.3 Å². The standard InChI is InChI=1S/C9H14BrN3S/c1-6(2)3-4-14-9-7(10)8(11)12-5-13-9/h5-6H,3-4H2,1-2H3,(H2,11,12,13). The molecule has 0 aliphatic rings. The number of rotatable bonds is 4. The lowest BCUT2D eigenvalue weighted by Crippen LogP contribution is -1.96. The van der Waals surface area contributed by atoms with Crippen LogP contribution in [0.4, 0.5) is 5.82 Å². The van der Waals surface area contributed by atoms with Crippen LogP contribution in [0.2, 0.25) is 0 Å². The van der Waals surface area contributed by atoms with Gasteiger partial charge in [-0.2, -0.15) is 0 Å². The zero-order chi connectivity index (χ0) is 10.6. The van der Waals surface area contributed by atoms with Crippen molar-refractivity contribution in [1.29, 1.82) is 0 Å². The fraction of sp³-hybridized carbons (Fsp3) is 0.556. The summed E-state index contributed by atoms with van der Waals surface area (Å²) in [6.07, 6.45) is 2.68. The van der Waals surface area contributed by atoms with Gasteiger partial charge >= 0.3 is 0 Å². The predicted molar refractivity (Wildman–Crippen MR) is 64.3 cm³/mol. The first-order valence-corrected chi connectivity index (χ1v) is 6.28. The summed E-state index contributed by atoms with van der Waals surface area (Å²) in [5.74, 6) is 2.29. The Morgan fingerprint density at radius 2 is 2.21 bits per heavy atom. The summed E-state index contributed by atoms with van der Waals surface area (Å²) < 4.78 is 0.814. The highest BCUT2D eigenvalue weighted by Crippen LogP contribution is 2.29. The van der Waals surface area contributed by atoms with Gasteiger partial charge in [0.25, 0.3) is 0 Å². The lowest BCUT2D eigenvalue weighted by atomic mass is 10.2. The van der Waals surface area contributed by atoms with E-state index in [4.69, 9.17) is 5.73 Å². The van der Waals surface area contributed by atoms with Crippen LogP contribution in [0, 0.1) is 5.92 Å². The Hall–Kier alpha value is -0.290. The molecule has 0 fully saturated rings. The third kappa shape index (κ3) is 3.46. The van der Waals surface area contributed by atoms with Crippen LogP contribution in [0.3, 0.4) is 0 Å². The van der Waals surface area contributed by atoms with E-state index in [0.29, 0.717) is 5.82 Å². The number of nitrogens with two attached hydrogens (primary N) is 1. The number of nitrogens with zero attached hydrogens (tertiary/aromatic N) is 2. The average molecular weight is 276 g/mol. The Labute approximate surface area is 97.0 Å². The van der Waals surface area contributed by atoms with E-state index in [1.807, 2.05) is 0 Å². The van der Waals surface area contributed by atoms with Crippen molar-refractivity contribution in [3.05, 3.63) is 10.8 Å². The molecule has 0 aliphatic carbocycles. The van der Waals surface area contributed by atoms with E-state index in [2.05, 4.69) is 39.7 Å². The SMILES string of the molecule is CC(C)CCSc1ncnc(N)c1Br. The molecule has 0 saturated carbocycles. The molecule has 1 aromatic heterocycles. The van der Waals surface area contributed by atoms with Crippen LogP contribution < -0.4 is 5.73 Å². The number of nitrogen functional groups attached to an aromatic ring is 1. The normalized spacial score (nSPS) is 10.9. The first-order chi connectivity index (χ1) is 6.61. The van der Waals surface area contributed by atoms with Gasteiger partial charge < -0.3 is 5.73 Å². The van der Waals surface area contributed by atoms with Gasteiger partial charge in [-0.15, -0.1) is 11.8 Å². The maximum Gasteiger partial charge on any atom is 0.142 e. The van der Waals surface area contributed by atoms with Gasteiger partial charge in [-0.25, -0.2) is 9.97 Å². The molecule has 1 heterocycles. The van der Waals surface area contributed by atoms with Gasteiger partial charge in [0, 0.05) is 0 Å². The Kier molecular flexibility index (Phi) is 4.68. The van der Waals surface area contributed by atoms with Gasteiger partial charge in [-0.05, 0) is 34.0 Å². The van der Waals surface area contributed by atoms with Gasteiger partial charge in [0.1, 0.15) is 17.2 Å². The fourth-order valence-electron chi connectivity index (χ4n) is 0.858. The van der Waals surface area contributed by atoms with Gasteiger partial charge in [-0.3, -0.25) is 0 Å². The molecule has 2 N–H and O–H groups in total. The molecular weight excluding hydrogens is 262 g/mol. The molecule has 0 saturated heterocycles. The molecule has 0 aromatic carbocycles. The first-order valence-electron chi connectivity index (χ1n) is 4.50. The van der Waals surface area contributed by atoms with Crippen molar-refractivity contribution in [3.63, 3.8) is 0 Å². The van der Waals surface area contributed by atoms with Crippen LogP contribution in [0.25, 0.3) is 0 Å². The van der Waals surface area contributed by atoms with Gasteiger partial charge in [0.05, 0.1) is 4.47 Å². The molecule has 1 aromatic rings. The minimum absolute atomic E-state index is 0.507. The van der Waals surface area contributed by atoms with Crippen molar-refractivity contribution in [2.75, 3.05) is 11.5 Å². The zero-order valence-electron chi connectivity index (χ0n) is 8.33. The number of hydrogen-bond donors (Lipinski definition) is 1. The first kappa shape index (κ1) is 11.8. The molecule has 0 radical (unpaired) electrons. The maximum absolute atomic E-state index is 5.64. The molecule has 0 spiro atoms. The van der Waals surface area contributed by atoms with E-state index in [9.17, 15) is 0 Å². The number of anilines is 1. The summed E-state index contributed by atoms with van der Waals surface area (Å²) in [6, 6.07) is 0. The zero-order valence-corrected chi connectivity index (χ0v) is 10.7. The second kappa shape index (κ2) is 5.56. The van der Waals surface area contributed by atoms with E-state index in [0.717, 1.165) is 21.2 Å². The van der Waals surface area contributed by atoms with Gasteiger partial charge in [0.2, 0.25) is 0 Å². The summed E-state index contributed by atoms with van der Waals surface area (Å²) in [5, 5.41) is 0.929. The van der Waals surface area contributed by atoms with Crippen molar-refractivity contribution in [1.82, 2.24) is 9.97 Å². The van der Waals surface area contributed by atoms with Crippen LogP contribution in [-0.4, -0.2) is 15.7 Å². The summed E-state index contributed by atoms with van der Waals surface area (Å²) in [5.41, 5.74) is 5.64. The number of aromatic nitrogens is 2. The highest BCUT2D eigenvalue weighted by molar-refractivity contribution is 9.10. The summed E-state index contributed by atoms with van der Waals surface area (Å²) in [6.45, 7) is 4.42. The van der Waals surface area contributed by atoms with Crippen LogP contribution in [0.5, 0.6) is 0 Å². The van der Waals surface area contributed by atoms with Gasteiger partial charge in [0.15, 0.2) is 0 Å². The molecule has 5 heteroatoms. The Morgan fingerprint density at radius 3 is 2.86 bits per heavy atom. The summed E-state index contributed by atoms with van der Waals surface area (Å²) >= 11 is 5.09. The third-order valence-corrected chi connectivity index (χ3v) is 3.79. The second-order valence-electron chi connectivity index (χ2n) is 3.41. The number of thioether (sulfide) groups is 1. The third-order valence-electron chi connectivity index (χ3n) is 1.72. The molecule has 1 rings (SSSR count). The Balaban J connectivity index is 2.54. The van der Waals surface area contributed by atoms with Crippen molar-refractivity contribution >= 4 is 33.5 Å². The van der Waals surface area contributed by atoms with E-state index < -0.39 is 0 Å². The lowest BCUT2D eigenvalue weighted by Gasteiger charge is -2.05. The minimum Gasteiger partial charge on any atom is -0.383 e. The van der Waals surface area contributed by atoms with Crippen molar-refractivity contribution in [2.24, 2.45) is 5.92 Å². The summed E-state index contributed by atoms with van der Waals surface area (Å²) in [7, 11) is 0. The molecule has 14 heavy (non-hydrogen) atoms. The van der Waals surface area contributed by atoms with Gasteiger partial charge in [-0.1, -0.05) is 13.8 Å². The molecule has 3 nitrogen and oxygen atoms in total. The lowest BCUT2D eigenvalue weighted by molar-refractivity contribution is 0.632. The molecule has 0 amide bonds. The molecule has 0 aliphatic heterocycles. The van der Waals surface area contributed by atoms with E-state index in [1.165, 1.54) is 12.7 Å². The fourth-order valence-corrected chi connectivity index (χ4v) is 2.54. The van der Waals surface area contributed by atoms with Crippen LogP contribution in [0.1, 0.15) is 20.3 Å². The highest BCUT2D eigenvalue weighted by Gasteiger charge is 2.06. The quantitative estimate of drug-likeness (QED) is 0.678. The number of hydrogen-bond acceptors (Lipinski definition) is 4. The van der Waals surface area contributed by atoms with E-state index in [-0.39, 0.29) is 0 Å². The Bertz CT molecular complexity index is 304. The largest absolute Gasteiger partial charge is 0.383 e. The molecular formula is C9H14BrN3S. The minimum atomic E-state index is 0.507. The van der Waals surface area contributed by atoms with Crippen LogP contribution in [-0.2, 0) is 0 Å². The second-order valence-corrected chi connectivity index (χ2v) is 5.29. The van der Waals surface area contributed by atoms with E-state index >= 15 is 0 Å². The van der Waals surface area contributed by atoms with E-state index in [1.54, 1.807) is 11.8 Å². The van der Waals surface area contributed by atoms with Crippen LogP contribution in [0.15, 0.2) is 15.8 Å². The molecule has 0 bridgehead atoms. The smallest absolute Gasteiger partial charge is 0.142 e. The predicted octanol–water partition coefficient (Wildman–Crippen LogP) is 2.96. The topological polar surface area (TPSA) is 51.8 Å².